The smallest absolute Gasteiger partial charge is 1.00 e. The molecule has 0 saturated heterocycles. The van der Waals surface area contributed by atoms with Gasteiger partial charge in [-0.3, -0.25) is 4.79 Å². The monoisotopic (exact) mass is 337 g/mol. The molecular formula is C18H36NNaO3. The maximum Gasteiger partial charge on any atom is 1.00 e. The van der Waals surface area contributed by atoms with Gasteiger partial charge in [-0.1, -0.05) is 71.1 Å². The number of carbonyl (C=O) groups excluding carboxylic acids is 2. The van der Waals surface area contributed by atoms with Gasteiger partial charge in [0.15, 0.2) is 0 Å². The van der Waals surface area contributed by atoms with E-state index < -0.39 is 12.0 Å². The van der Waals surface area contributed by atoms with Gasteiger partial charge in [0.05, 0.1) is 7.11 Å². The zero-order valence-corrected chi connectivity index (χ0v) is 17.8. The second-order valence-corrected chi connectivity index (χ2v) is 6.10. The van der Waals surface area contributed by atoms with Crippen molar-refractivity contribution in [3.8, 4) is 0 Å². The van der Waals surface area contributed by atoms with Crippen LogP contribution in [0.2, 0.25) is 0 Å². The van der Waals surface area contributed by atoms with Crippen molar-refractivity contribution < 1.29 is 45.3 Å². The van der Waals surface area contributed by atoms with Gasteiger partial charge in [-0.25, -0.2) is 4.79 Å². The normalized spacial score (nSPS) is 11.4. The molecule has 0 radical (unpaired) electrons. The van der Waals surface area contributed by atoms with E-state index in [2.05, 4.69) is 17.0 Å². The van der Waals surface area contributed by atoms with Gasteiger partial charge in [0.1, 0.15) is 6.04 Å². The standard InChI is InChI=1S/C18H35NO3.Na.H/c1-4-5-6-7-8-9-10-11-12-13-14-15-17(20)19-16(2)18(21)22-3;;/h16H,4-15H2,1-3H3,(H,19,20);;/q;+1;-1/t16-;;/m0../s1. The molecule has 0 heterocycles. The van der Waals surface area contributed by atoms with Crippen LogP contribution in [0.5, 0.6) is 0 Å². The zero-order chi connectivity index (χ0) is 16.6. The first-order valence-corrected chi connectivity index (χ1v) is 8.99. The summed E-state index contributed by atoms with van der Waals surface area (Å²) in [7, 11) is 1.33. The Bertz CT molecular complexity index is 304. The van der Waals surface area contributed by atoms with Crippen molar-refractivity contribution in [3.63, 3.8) is 0 Å². The Morgan fingerprint density at radius 1 is 0.913 bits per heavy atom. The van der Waals surface area contributed by atoms with Crippen molar-refractivity contribution in [1.82, 2.24) is 5.32 Å². The molecule has 0 bridgehead atoms. The summed E-state index contributed by atoms with van der Waals surface area (Å²) in [6.07, 6.45) is 14.4. The van der Waals surface area contributed by atoms with Crippen LogP contribution in [0, 0.1) is 0 Å². The first-order valence-electron chi connectivity index (χ1n) is 8.99. The number of carbonyl (C=O) groups is 2. The Hall–Kier alpha value is -0.0600. The molecule has 1 N–H and O–H groups in total. The van der Waals surface area contributed by atoms with Gasteiger partial charge in [0.25, 0.3) is 0 Å². The minimum Gasteiger partial charge on any atom is -1.00 e. The van der Waals surface area contributed by atoms with E-state index >= 15 is 0 Å². The third-order valence-electron chi connectivity index (χ3n) is 3.94. The third kappa shape index (κ3) is 16.6. The van der Waals surface area contributed by atoms with Crippen LogP contribution in [0.3, 0.4) is 0 Å². The number of unbranched alkanes of at least 4 members (excludes halogenated alkanes) is 10. The fourth-order valence-corrected chi connectivity index (χ4v) is 2.50. The van der Waals surface area contributed by atoms with E-state index in [1.165, 1.54) is 64.9 Å². The predicted molar refractivity (Wildman–Crippen MR) is 91.8 cm³/mol. The van der Waals surface area contributed by atoms with E-state index in [9.17, 15) is 9.59 Å². The van der Waals surface area contributed by atoms with Gasteiger partial charge < -0.3 is 11.5 Å². The maximum absolute atomic E-state index is 11.6. The van der Waals surface area contributed by atoms with Crippen molar-refractivity contribution in [2.24, 2.45) is 0 Å². The fourth-order valence-electron chi connectivity index (χ4n) is 2.50. The number of methoxy groups -OCH3 is 1. The number of nitrogens with one attached hydrogen (secondary N) is 1. The molecule has 0 aliphatic carbocycles. The number of amides is 1. The van der Waals surface area contributed by atoms with Crippen molar-refractivity contribution >= 4 is 11.9 Å². The quantitative estimate of drug-likeness (QED) is 0.297. The second kappa shape index (κ2) is 18.3. The first-order chi connectivity index (χ1) is 10.6. The minimum atomic E-state index is -0.551. The van der Waals surface area contributed by atoms with Gasteiger partial charge in [-0.15, -0.1) is 0 Å². The summed E-state index contributed by atoms with van der Waals surface area (Å²) in [6, 6.07) is -0.551. The van der Waals surface area contributed by atoms with Crippen molar-refractivity contribution in [1.29, 1.82) is 0 Å². The summed E-state index contributed by atoms with van der Waals surface area (Å²) >= 11 is 0. The summed E-state index contributed by atoms with van der Waals surface area (Å²) < 4.78 is 4.57. The van der Waals surface area contributed by atoms with Gasteiger partial charge in [-0.05, 0) is 13.3 Å². The third-order valence-corrected chi connectivity index (χ3v) is 3.94. The molecule has 0 aromatic carbocycles. The molecule has 1 amide bonds. The Morgan fingerprint density at radius 2 is 1.35 bits per heavy atom. The zero-order valence-electron chi connectivity index (χ0n) is 16.8. The van der Waals surface area contributed by atoms with Crippen LogP contribution in [-0.4, -0.2) is 25.0 Å². The van der Waals surface area contributed by atoms with E-state index in [1.807, 2.05) is 0 Å². The summed E-state index contributed by atoms with van der Waals surface area (Å²) in [6.45, 7) is 3.89. The van der Waals surface area contributed by atoms with Gasteiger partial charge in [0, 0.05) is 6.42 Å². The van der Waals surface area contributed by atoms with E-state index in [4.69, 9.17) is 0 Å². The topological polar surface area (TPSA) is 55.4 Å². The number of ether oxygens (including phenoxy) is 1. The maximum atomic E-state index is 11.6. The Kier molecular flexibility index (Phi) is 20.0. The second-order valence-electron chi connectivity index (χ2n) is 6.10. The molecule has 0 spiro atoms. The molecule has 0 unspecified atom stereocenters. The van der Waals surface area contributed by atoms with Crippen LogP contribution in [0.4, 0.5) is 0 Å². The molecule has 0 saturated carbocycles. The van der Waals surface area contributed by atoms with E-state index in [1.54, 1.807) is 6.92 Å². The summed E-state index contributed by atoms with van der Waals surface area (Å²) in [5, 5.41) is 2.65. The molecule has 4 nitrogen and oxygen atoms in total. The van der Waals surface area contributed by atoms with E-state index in [0.717, 1.165) is 12.8 Å². The van der Waals surface area contributed by atoms with Crippen LogP contribution >= 0.6 is 0 Å². The first kappa shape index (κ1) is 25.2. The Labute approximate surface area is 166 Å². The Balaban J connectivity index is -0.00000220. The molecule has 0 aliphatic rings. The molecule has 0 aromatic rings. The number of hydrogen-bond donors (Lipinski definition) is 1. The SMILES string of the molecule is CCCCCCCCCCCCCC(=O)N[C@@H](C)C(=O)OC.[H-].[Na+]. The van der Waals surface area contributed by atoms with Crippen LogP contribution in [0.25, 0.3) is 0 Å². The molecule has 1 atom stereocenters. The molecule has 0 aliphatic heterocycles. The molecule has 0 rings (SSSR count). The molecule has 132 valence electrons. The number of esters is 1. The average Bonchev–Trinajstić information content (AvgIpc) is 2.51. The van der Waals surface area contributed by atoms with Gasteiger partial charge >= 0.3 is 35.5 Å². The average molecular weight is 337 g/mol. The molecule has 5 heteroatoms. The molecule has 0 fully saturated rings. The van der Waals surface area contributed by atoms with Gasteiger partial charge in [0.2, 0.25) is 5.91 Å². The van der Waals surface area contributed by atoms with Crippen LogP contribution < -0.4 is 34.9 Å². The molecular weight excluding hydrogens is 301 g/mol. The summed E-state index contributed by atoms with van der Waals surface area (Å²) in [5.41, 5.74) is 0. The fraction of sp³-hybridized carbons (Fsp3) is 0.889. The van der Waals surface area contributed by atoms with Gasteiger partial charge in [-0.2, -0.15) is 0 Å². The number of hydrogen-bond acceptors (Lipinski definition) is 3. The summed E-state index contributed by atoms with van der Waals surface area (Å²) in [5.74, 6) is -0.457. The molecule has 0 aromatic heterocycles. The number of rotatable bonds is 14. The molecule has 23 heavy (non-hydrogen) atoms. The van der Waals surface area contributed by atoms with E-state index in [0.29, 0.717) is 6.42 Å². The van der Waals surface area contributed by atoms with Crippen molar-refractivity contribution in [2.45, 2.75) is 96.9 Å². The van der Waals surface area contributed by atoms with Crippen LogP contribution in [-0.2, 0) is 14.3 Å². The van der Waals surface area contributed by atoms with Crippen molar-refractivity contribution in [3.05, 3.63) is 0 Å². The predicted octanol–water partition coefficient (Wildman–Crippen LogP) is 1.48. The largest absolute Gasteiger partial charge is 1.00 e. The van der Waals surface area contributed by atoms with E-state index in [-0.39, 0.29) is 36.9 Å². The Morgan fingerprint density at radius 3 is 1.78 bits per heavy atom. The van der Waals surface area contributed by atoms with Crippen molar-refractivity contribution in [2.75, 3.05) is 7.11 Å². The summed E-state index contributed by atoms with van der Waals surface area (Å²) in [4.78, 5) is 22.8. The van der Waals surface area contributed by atoms with Crippen LogP contribution in [0.1, 0.15) is 92.3 Å². The minimum absolute atomic E-state index is 0. The van der Waals surface area contributed by atoms with Crippen LogP contribution in [0.15, 0.2) is 0 Å².